The van der Waals surface area contributed by atoms with Crippen LogP contribution in [0.25, 0.3) is 0 Å². The van der Waals surface area contributed by atoms with Gasteiger partial charge < -0.3 is 10.1 Å². The molecule has 1 aliphatic heterocycles. The van der Waals surface area contributed by atoms with Crippen LogP contribution in [0.5, 0.6) is 5.75 Å². The van der Waals surface area contributed by atoms with E-state index < -0.39 is 0 Å². The van der Waals surface area contributed by atoms with Crippen LogP contribution >= 0.6 is 0 Å². The van der Waals surface area contributed by atoms with E-state index in [-0.39, 0.29) is 22.9 Å². The van der Waals surface area contributed by atoms with Crippen molar-refractivity contribution in [1.82, 2.24) is 5.32 Å². The van der Waals surface area contributed by atoms with E-state index in [0.717, 1.165) is 12.0 Å². The van der Waals surface area contributed by atoms with Gasteiger partial charge in [0.15, 0.2) is 0 Å². The van der Waals surface area contributed by atoms with E-state index in [9.17, 15) is 4.39 Å². The van der Waals surface area contributed by atoms with Gasteiger partial charge in [-0.25, -0.2) is 4.39 Å². The first kappa shape index (κ1) is 12.0. The number of halogens is 1. The summed E-state index contributed by atoms with van der Waals surface area (Å²) in [6.45, 7) is 4.43. The first-order valence-electron chi connectivity index (χ1n) is 6.63. The molecule has 18 heavy (non-hydrogen) atoms. The van der Waals surface area contributed by atoms with Crippen molar-refractivity contribution in [3.8, 4) is 5.75 Å². The van der Waals surface area contributed by atoms with Gasteiger partial charge in [-0.2, -0.15) is 0 Å². The molecule has 0 saturated heterocycles. The van der Waals surface area contributed by atoms with Gasteiger partial charge >= 0.3 is 0 Å². The van der Waals surface area contributed by atoms with Crippen molar-refractivity contribution in [2.45, 2.75) is 44.8 Å². The molecule has 98 valence electrons. The van der Waals surface area contributed by atoms with E-state index >= 15 is 0 Å². The summed E-state index contributed by atoms with van der Waals surface area (Å²) >= 11 is 0. The van der Waals surface area contributed by atoms with E-state index in [0.29, 0.717) is 5.75 Å². The predicted octanol–water partition coefficient (Wildman–Crippen LogP) is 3.43. The Balaban J connectivity index is 2.03. The summed E-state index contributed by atoms with van der Waals surface area (Å²) in [7, 11) is 1.96. The second-order valence-corrected chi connectivity index (χ2v) is 6.12. The summed E-state index contributed by atoms with van der Waals surface area (Å²) in [5, 5.41) is 3.33. The highest BCUT2D eigenvalue weighted by Gasteiger charge is 2.57. The highest BCUT2D eigenvalue weighted by atomic mass is 19.1. The van der Waals surface area contributed by atoms with Crippen LogP contribution in [0.3, 0.4) is 0 Å². The van der Waals surface area contributed by atoms with Crippen molar-refractivity contribution in [3.05, 3.63) is 29.6 Å². The van der Waals surface area contributed by atoms with Gasteiger partial charge in [-0.3, -0.25) is 0 Å². The highest BCUT2D eigenvalue weighted by molar-refractivity contribution is 5.40. The van der Waals surface area contributed by atoms with Crippen LogP contribution in [0, 0.1) is 11.2 Å². The molecule has 1 heterocycles. The zero-order chi connectivity index (χ0) is 13.0. The van der Waals surface area contributed by atoms with Gasteiger partial charge in [0.25, 0.3) is 0 Å². The summed E-state index contributed by atoms with van der Waals surface area (Å²) in [5.74, 6) is 0.477. The molecule has 2 aliphatic rings. The fourth-order valence-electron chi connectivity index (χ4n) is 3.01. The average molecular weight is 249 g/mol. The van der Waals surface area contributed by atoms with Gasteiger partial charge in [-0.05, 0) is 32.9 Å². The third-order valence-electron chi connectivity index (χ3n) is 4.91. The van der Waals surface area contributed by atoms with E-state index in [1.165, 1.54) is 25.0 Å². The Morgan fingerprint density at radius 1 is 1.33 bits per heavy atom. The van der Waals surface area contributed by atoms with Crippen LogP contribution in [-0.2, 0) is 0 Å². The van der Waals surface area contributed by atoms with Crippen molar-refractivity contribution in [2.75, 3.05) is 7.05 Å². The predicted molar refractivity (Wildman–Crippen MR) is 69.2 cm³/mol. The first-order valence-corrected chi connectivity index (χ1v) is 6.63. The second kappa shape index (κ2) is 3.70. The zero-order valence-corrected chi connectivity index (χ0v) is 11.2. The largest absolute Gasteiger partial charge is 0.486 e. The lowest BCUT2D eigenvalue weighted by atomic mass is 9.78. The molecule has 0 aromatic heterocycles. The molecule has 2 atom stereocenters. The molecule has 1 N–H and O–H groups in total. The zero-order valence-electron chi connectivity index (χ0n) is 11.2. The lowest BCUT2D eigenvalue weighted by Gasteiger charge is -2.44. The van der Waals surface area contributed by atoms with E-state index in [1.54, 1.807) is 0 Å². The maximum absolute atomic E-state index is 13.4. The summed E-state index contributed by atoms with van der Waals surface area (Å²) in [5.41, 5.74) is 1.12. The van der Waals surface area contributed by atoms with Crippen LogP contribution < -0.4 is 10.1 Å². The number of nitrogens with one attached hydrogen (secondary N) is 1. The lowest BCUT2D eigenvalue weighted by Crippen LogP contribution is -2.47. The third-order valence-corrected chi connectivity index (χ3v) is 4.91. The maximum Gasteiger partial charge on any atom is 0.127 e. The molecule has 2 unspecified atom stereocenters. The van der Waals surface area contributed by atoms with Gasteiger partial charge in [0.1, 0.15) is 17.2 Å². The highest BCUT2D eigenvalue weighted by Crippen LogP contribution is 2.59. The quantitative estimate of drug-likeness (QED) is 0.867. The molecule has 1 fully saturated rings. The monoisotopic (exact) mass is 249 g/mol. The molecule has 3 rings (SSSR count). The SMILES string of the molecule is CNC1CC(C)(C2(C)CC2)Oc2cc(F)ccc21. The summed E-state index contributed by atoms with van der Waals surface area (Å²) in [6, 6.07) is 5.11. The van der Waals surface area contributed by atoms with Crippen LogP contribution in [-0.4, -0.2) is 12.6 Å². The number of benzene rings is 1. The van der Waals surface area contributed by atoms with Crippen molar-refractivity contribution < 1.29 is 9.13 Å². The van der Waals surface area contributed by atoms with E-state index in [2.05, 4.69) is 19.2 Å². The van der Waals surface area contributed by atoms with Crippen LogP contribution in [0.1, 0.15) is 44.7 Å². The Morgan fingerprint density at radius 3 is 2.67 bits per heavy atom. The van der Waals surface area contributed by atoms with Crippen molar-refractivity contribution in [1.29, 1.82) is 0 Å². The molecular formula is C15H20FNO. The lowest BCUT2D eigenvalue weighted by molar-refractivity contribution is -0.0128. The van der Waals surface area contributed by atoms with Gasteiger partial charge in [0.05, 0.1) is 0 Å². The van der Waals surface area contributed by atoms with Gasteiger partial charge in [0, 0.05) is 29.5 Å². The fraction of sp³-hybridized carbons (Fsp3) is 0.600. The molecule has 0 spiro atoms. The van der Waals surface area contributed by atoms with Crippen molar-refractivity contribution in [2.24, 2.45) is 5.41 Å². The molecule has 0 bridgehead atoms. The van der Waals surface area contributed by atoms with E-state index in [4.69, 9.17) is 4.74 Å². The topological polar surface area (TPSA) is 21.3 Å². The molecule has 3 heteroatoms. The average Bonchev–Trinajstić information content (AvgIpc) is 3.07. The Kier molecular flexibility index (Phi) is 2.46. The van der Waals surface area contributed by atoms with E-state index in [1.807, 2.05) is 13.1 Å². The number of fused-ring (bicyclic) bond motifs is 1. The summed E-state index contributed by atoms with van der Waals surface area (Å²) in [4.78, 5) is 0. The van der Waals surface area contributed by atoms with Crippen molar-refractivity contribution >= 4 is 0 Å². The standard InChI is InChI=1S/C15H20FNO/c1-14(6-7-14)15(2)9-12(17-3)11-5-4-10(16)8-13(11)18-15/h4-5,8,12,17H,6-7,9H2,1-3H3. The number of hydrogen-bond acceptors (Lipinski definition) is 2. The molecule has 0 amide bonds. The molecule has 2 nitrogen and oxygen atoms in total. The number of hydrogen-bond donors (Lipinski definition) is 1. The Bertz CT molecular complexity index is 483. The first-order chi connectivity index (χ1) is 8.47. The number of rotatable bonds is 2. The molecule has 0 radical (unpaired) electrons. The Labute approximate surface area is 108 Å². The van der Waals surface area contributed by atoms with Crippen LogP contribution in [0.15, 0.2) is 18.2 Å². The minimum atomic E-state index is -0.228. The molecule has 1 aromatic rings. The second-order valence-electron chi connectivity index (χ2n) is 6.12. The maximum atomic E-state index is 13.4. The molecule has 1 saturated carbocycles. The molecule has 1 aromatic carbocycles. The summed E-state index contributed by atoms with van der Waals surface area (Å²) in [6.07, 6.45) is 3.34. The molecular weight excluding hydrogens is 229 g/mol. The third kappa shape index (κ3) is 1.64. The molecule has 1 aliphatic carbocycles. The Hall–Kier alpha value is -1.09. The van der Waals surface area contributed by atoms with Crippen molar-refractivity contribution in [3.63, 3.8) is 0 Å². The van der Waals surface area contributed by atoms with Gasteiger partial charge in [-0.15, -0.1) is 0 Å². The van der Waals surface area contributed by atoms with Gasteiger partial charge in [-0.1, -0.05) is 13.0 Å². The minimum Gasteiger partial charge on any atom is -0.486 e. The van der Waals surface area contributed by atoms with Crippen LogP contribution in [0.2, 0.25) is 0 Å². The van der Waals surface area contributed by atoms with Gasteiger partial charge in [0.2, 0.25) is 0 Å². The Morgan fingerprint density at radius 2 is 2.06 bits per heavy atom. The normalized spacial score (nSPS) is 32.6. The smallest absolute Gasteiger partial charge is 0.127 e. The fourth-order valence-corrected chi connectivity index (χ4v) is 3.01. The summed E-state index contributed by atoms with van der Waals surface area (Å²) < 4.78 is 19.6. The number of ether oxygens (including phenoxy) is 1. The minimum absolute atomic E-state index is 0.193. The van der Waals surface area contributed by atoms with Crippen LogP contribution in [0.4, 0.5) is 4.39 Å².